The zero-order chi connectivity index (χ0) is 33.2. The molecule has 0 unspecified atom stereocenters. The van der Waals surface area contributed by atoms with Crippen molar-refractivity contribution in [3.63, 3.8) is 0 Å². The first-order valence-corrected chi connectivity index (χ1v) is 15.3. The van der Waals surface area contributed by atoms with Gasteiger partial charge in [-0.3, -0.25) is 9.59 Å². The number of benzene rings is 5. The molecule has 0 aliphatic heterocycles. The first-order chi connectivity index (χ1) is 21.8. The fourth-order valence-corrected chi connectivity index (χ4v) is 5.54. The number of rotatable bonds is 8. The molecule has 0 aliphatic rings. The Morgan fingerprint density at radius 3 is 1.09 bits per heavy atom. The number of anilines is 2. The molecule has 0 bridgehead atoms. The molecule has 6 heteroatoms. The van der Waals surface area contributed by atoms with Crippen molar-refractivity contribution in [3.8, 4) is 11.5 Å². The lowest BCUT2D eigenvalue weighted by Gasteiger charge is -2.27. The van der Waals surface area contributed by atoms with Gasteiger partial charge in [0.25, 0.3) is 11.8 Å². The predicted molar refractivity (Wildman–Crippen MR) is 185 cm³/mol. The van der Waals surface area contributed by atoms with Crippen molar-refractivity contribution >= 4 is 23.2 Å². The van der Waals surface area contributed by atoms with Crippen molar-refractivity contribution in [1.82, 2.24) is 0 Å². The Morgan fingerprint density at radius 2 is 0.783 bits per heavy atom. The quantitative estimate of drug-likeness (QED) is 0.141. The highest BCUT2D eigenvalue weighted by molar-refractivity contribution is 6.07. The molecule has 234 valence electrons. The fraction of sp³-hybridized carbons (Fsp3) is 0.200. The van der Waals surface area contributed by atoms with Crippen LogP contribution in [0.25, 0.3) is 0 Å². The van der Waals surface area contributed by atoms with E-state index in [9.17, 15) is 19.8 Å². The minimum atomic E-state index is -0.289. The van der Waals surface area contributed by atoms with Crippen molar-refractivity contribution in [1.29, 1.82) is 0 Å². The van der Waals surface area contributed by atoms with Gasteiger partial charge in [0, 0.05) is 33.3 Å². The zero-order valence-electron chi connectivity index (χ0n) is 27.1. The number of amides is 2. The number of carbonyl (C=O) groups is 2. The molecule has 46 heavy (non-hydrogen) atoms. The van der Waals surface area contributed by atoms with Crippen LogP contribution in [0.5, 0.6) is 11.5 Å². The third-order valence-corrected chi connectivity index (χ3v) is 8.98. The van der Waals surface area contributed by atoms with Gasteiger partial charge in [0.15, 0.2) is 0 Å². The van der Waals surface area contributed by atoms with Crippen LogP contribution in [0.4, 0.5) is 11.4 Å². The molecule has 4 N–H and O–H groups in total. The average Bonchev–Trinajstić information content (AvgIpc) is 3.04. The van der Waals surface area contributed by atoms with E-state index in [1.54, 1.807) is 36.4 Å². The minimum Gasteiger partial charge on any atom is -0.508 e. The van der Waals surface area contributed by atoms with Gasteiger partial charge >= 0.3 is 0 Å². The van der Waals surface area contributed by atoms with Crippen LogP contribution in [-0.2, 0) is 10.8 Å². The van der Waals surface area contributed by atoms with Crippen LogP contribution in [0.3, 0.4) is 0 Å². The number of aromatic hydroxyl groups is 2. The van der Waals surface area contributed by atoms with E-state index in [0.717, 1.165) is 33.4 Å². The first kappa shape index (κ1) is 32.0. The molecule has 2 amide bonds. The second-order valence-electron chi connectivity index (χ2n) is 12.9. The summed E-state index contributed by atoms with van der Waals surface area (Å²) in [6.45, 7) is 12.3. The summed E-state index contributed by atoms with van der Waals surface area (Å²) in [5.74, 6) is 0.0171. The topological polar surface area (TPSA) is 98.7 Å². The second kappa shape index (κ2) is 12.6. The number of hydrogen-bond acceptors (Lipinski definition) is 4. The molecule has 0 spiro atoms. The highest BCUT2D eigenvalue weighted by Gasteiger charge is 2.25. The molecule has 5 rings (SSSR count). The van der Waals surface area contributed by atoms with Gasteiger partial charge in [0.1, 0.15) is 11.5 Å². The van der Waals surface area contributed by atoms with Crippen LogP contribution in [0, 0.1) is 13.8 Å². The number of hydrogen-bond donors (Lipinski definition) is 4. The molecule has 0 heterocycles. The normalized spacial score (nSPS) is 11.6. The van der Waals surface area contributed by atoms with E-state index in [2.05, 4.69) is 38.3 Å². The summed E-state index contributed by atoms with van der Waals surface area (Å²) in [4.78, 5) is 25.9. The lowest BCUT2D eigenvalue weighted by molar-refractivity contribution is 0.101. The lowest BCUT2D eigenvalue weighted by Crippen LogP contribution is -2.19. The average molecular weight is 613 g/mol. The van der Waals surface area contributed by atoms with Crippen LogP contribution in [0.15, 0.2) is 109 Å². The van der Waals surface area contributed by atoms with Gasteiger partial charge in [-0.15, -0.1) is 0 Å². The van der Waals surface area contributed by atoms with Gasteiger partial charge in [-0.1, -0.05) is 76.2 Å². The fourth-order valence-electron chi connectivity index (χ4n) is 5.54. The van der Waals surface area contributed by atoms with E-state index in [1.807, 2.05) is 86.6 Å². The zero-order valence-corrected chi connectivity index (χ0v) is 27.1. The Kier molecular flexibility index (Phi) is 8.75. The summed E-state index contributed by atoms with van der Waals surface area (Å²) in [6.07, 6.45) is 0. The largest absolute Gasteiger partial charge is 0.508 e. The second-order valence-corrected chi connectivity index (χ2v) is 12.9. The summed E-state index contributed by atoms with van der Waals surface area (Å²) in [5, 5.41) is 25.7. The van der Waals surface area contributed by atoms with Crippen molar-refractivity contribution in [2.45, 2.75) is 52.4 Å². The third kappa shape index (κ3) is 6.66. The highest BCUT2D eigenvalue weighted by atomic mass is 16.3. The van der Waals surface area contributed by atoms with E-state index in [4.69, 9.17) is 0 Å². The Hall–Kier alpha value is -5.36. The summed E-state index contributed by atoms with van der Waals surface area (Å²) in [7, 11) is 0. The standard InChI is InChI=1S/C40H40N2O4/c1-25-23-31(15-21-35(25)43)39(3,4)29-11-17-33(18-12-29)41-37(45)27-7-9-28(10-8-27)38(46)42-34-19-13-30(14-20-34)40(5,6)32-16-22-36(44)26(2)24-32/h7-24,43-44H,1-6H3,(H,41,45)(H,42,46). The van der Waals surface area contributed by atoms with Gasteiger partial charge in [0.05, 0.1) is 0 Å². The molecule has 5 aromatic carbocycles. The molecule has 0 aromatic heterocycles. The molecule has 0 saturated carbocycles. The van der Waals surface area contributed by atoms with Crippen LogP contribution in [-0.4, -0.2) is 22.0 Å². The van der Waals surface area contributed by atoms with Crippen LogP contribution in [0.1, 0.15) is 81.8 Å². The van der Waals surface area contributed by atoms with Crippen LogP contribution in [0.2, 0.25) is 0 Å². The maximum atomic E-state index is 13.0. The maximum Gasteiger partial charge on any atom is 0.255 e. The Bertz CT molecular complexity index is 1750. The Morgan fingerprint density at radius 1 is 0.478 bits per heavy atom. The molecular formula is C40H40N2O4. The van der Waals surface area contributed by atoms with Gasteiger partial charge in [-0.2, -0.15) is 0 Å². The molecule has 0 aliphatic carbocycles. The van der Waals surface area contributed by atoms with Crippen molar-refractivity contribution < 1.29 is 19.8 Å². The van der Waals surface area contributed by atoms with Gasteiger partial charge < -0.3 is 20.8 Å². The number of aryl methyl sites for hydroxylation is 2. The minimum absolute atomic E-state index is 0.268. The van der Waals surface area contributed by atoms with Gasteiger partial charge in [-0.25, -0.2) is 0 Å². The lowest BCUT2D eigenvalue weighted by atomic mass is 9.77. The smallest absolute Gasteiger partial charge is 0.255 e. The van der Waals surface area contributed by atoms with Crippen LogP contribution < -0.4 is 10.6 Å². The first-order valence-electron chi connectivity index (χ1n) is 15.3. The van der Waals surface area contributed by atoms with Crippen molar-refractivity contribution in [2.75, 3.05) is 10.6 Å². The molecule has 0 saturated heterocycles. The van der Waals surface area contributed by atoms with Crippen LogP contribution >= 0.6 is 0 Å². The molecule has 0 atom stereocenters. The molecule has 0 fully saturated rings. The molecular weight excluding hydrogens is 572 g/mol. The Balaban J connectivity index is 1.20. The van der Waals surface area contributed by atoms with E-state index < -0.39 is 0 Å². The molecule has 5 aromatic rings. The van der Waals surface area contributed by atoms with Gasteiger partial charge in [0.2, 0.25) is 0 Å². The van der Waals surface area contributed by atoms with Crippen molar-refractivity contribution in [2.24, 2.45) is 0 Å². The monoisotopic (exact) mass is 612 g/mol. The number of carbonyl (C=O) groups excluding carboxylic acids is 2. The van der Waals surface area contributed by atoms with Gasteiger partial charge in [-0.05, 0) is 108 Å². The summed E-state index contributed by atoms with van der Waals surface area (Å²) < 4.78 is 0. The Labute approximate surface area is 270 Å². The molecule has 6 nitrogen and oxygen atoms in total. The third-order valence-electron chi connectivity index (χ3n) is 8.98. The van der Waals surface area contributed by atoms with E-state index in [-0.39, 0.29) is 34.1 Å². The van der Waals surface area contributed by atoms with E-state index >= 15 is 0 Å². The SMILES string of the molecule is Cc1cc(C(C)(C)c2ccc(NC(=O)c3ccc(C(=O)Nc4ccc(C(C)(C)c5ccc(O)c(C)c5)cc4)cc3)cc2)ccc1O. The summed E-state index contributed by atoms with van der Waals surface area (Å²) >= 11 is 0. The summed E-state index contributed by atoms with van der Waals surface area (Å²) in [5.41, 5.74) is 7.63. The maximum absolute atomic E-state index is 13.0. The number of phenols is 2. The number of nitrogens with one attached hydrogen (secondary N) is 2. The van der Waals surface area contributed by atoms with E-state index in [1.165, 1.54) is 0 Å². The molecule has 0 radical (unpaired) electrons. The van der Waals surface area contributed by atoms with E-state index in [0.29, 0.717) is 22.5 Å². The number of phenolic OH excluding ortho intramolecular Hbond substituents is 2. The summed E-state index contributed by atoms with van der Waals surface area (Å²) in [6, 6.07) is 33.3. The van der Waals surface area contributed by atoms with Crippen molar-refractivity contribution in [3.05, 3.63) is 154 Å². The predicted octanol–water partition coefficient (Wildman–Crippen LogP) is 8.87. The highest BCUT2D eigenvalue weighted by Crippen LogP contribution is 2.35.